The molecule has 0 spiro atoms. The fraction of sp³-hybridized carbons (Fsp3) is 0.722. The Morgan fingerprint density at radius 3 is 1.68 bits per heavy atom. The smallest absolute Gasteiger partial charge is 0.550 e. The zero-order valence-electron chi connectivity index (χ0n) is 14.8. The average Bonchev–Trinajstić information content (AvgIpc) is 2.46. The molecule has 0 aromatic carbocycles. The second-order valence-electron chi connectivity index (χ2n) is 5.07. The zero-order chi connectivity index (χ0) is 16.2. The van der Waals surface area contributed by atoms with Crippen molar-refractivity contribution in [3.8, 4) is 0 Å². The molecular weight excluding hydrogens is 303 g/mol. The predicted octanol–water partition coefficient (Wildman–Crippen LogP) is 1.04. The van der Waals surface area contributed by atoms with E-state index in [4.69, 9.17) is 4.74 Å². The molecule has 3 nitrogen and oxygen atoms in total. The number of carbonyl (C=O) groups is 1. The van der Waals surface area contributed by atoms with Crippen LogP contribution in [0.25, 0.3) is 0 Å². The van der Waals surface area contributed by atoms with E-state index in [9.17, 15) is 9.90 Å². The van der Waals surface area contributed by atoms with E-state index in [1.165, 1.54) is 44.9 Å². The molecule has 0 atom stereocenters. The molecule has 22 heavy (non-hydrogen) atoms. The summed E-state index contributed by atoms with van der Waals surface area (Å²) in [6.45, 7) is 10.4. The van der Waals surface area contributed by atoms with Gasteiger partial charge in [0.2, 0.25) is 0 Å². The number of carbonyl (C=O) groups excluding carboxylic acids is 1. The summed E-state index contributed by atoms with van der Waals surface area (Å²) in [5, 5.41) is 10.1. The molecule has 0 heterocycles. The van der Waals surface area contributed by atoms with E-state index in [2.05, 4.69) is 20.1 Å². The summed E-state index contributed by atoms with van der Waals surface area (Å²) in [6.07, 6.45) is 14.6. The van der Waals surface area contributed by atoms with Crippen LogP contribution in [0.15, 0.2) is 25.3 Å². The maximum atomic E-state index is 10.1. The van der Waals surface area contributed by atoms with Crippen LogP contribution < -0.4 is 56.5 Å². The predicted molar refractivity (Wildman–Crippen MR) is 88.1 cm³/mol. The number of carboxylic acid groups (broad SMARTS) is 1. The van der Waals surface area contributed by atoms with E-state index in [1.807, 2.05) is 0 Å². The van der Waals surface area contributed by atoms with E-state index in [1.54, 1.807) is 12.2 Å². The molecule has 0 aliphatic carbocycles. The van der Waals surface area contributed by atoms with Crippen molar-refractivity contribution in [3.63, 3.8) is 0 Å². The van der Waals surface area contributed by atoms with Gasteiger partial charge in [0.15, 0.2) is 0 Å². The Morgan fingerprint density at radius 1 is 0.909 bits per heavy atom. The fourth-order valence-electron chi connectivity index (χ4n) is 1.81. The van der Waals surface area contributed by atoms with Crippen LogP contribution >= 0.6 is 0 Å². The van der Waals surface area contributed by atoms with Crippen LogP contribution in [0.1, 0.15) is 71.1 Å². The molecule has 0 aliphatic heterocycles. The molecule has 4 heteroatoms. The standard InChI is InChI=1S/C12H24O2.C6H10O.K/c1-2-3-4-5-6-7-8-9-10-11-12(13)14;1-3-5-7-6-4-2;/h2-11H2,1H3,(H,13,14);3-4H,1-2,5-6H2;/q;;+1/p-1. The van der Waals surface area contributed by atoms with Crippen LogP contribution in [-0.4, -0.2) is 19.2 Å². The van der Waals surface area contributed by atoms with Crippen molar-refractivity contribution in [1.29, 1.82) is 0 Å². The van der Waals surface area contributed by atoms with Gasteiger partial charge in [-0.05, 0) is 12.8 Å². The van der Waals surface area contributed by atoms with Crippen molar-refractivity contribution in [2.24, 2.45) is 0 Å². The third-order valence-corrected chi connectivity index (χ3v) is 2.96. The molecule has 0 saturated heterocycles. The van der Waals surface area contributed by atoms with Crippen LogP contribution in [0.2, 0.25) is 0 Å². The molecule has 0 radical (unpaired) electrons. The summed E-state index contributed by atoms with van der Waals surface area (Å²) in [6, 6.07) is 0. The topological polar surface area (TPSA) is 49.4 Å². The maximum absolute atomic E-state index is 10.1. The van der Waals surface area contributed by atoms with Gasteiger partial charge in [-0.25, -0.2) is 0 Å². The Morgan fingerprint density at radius 2 is 1.32 bits per heavy atom. The van der Waals surface area contributed by atoms with E-state index in [0.717, 1.165) is 12.8 Å². The van der Waals surface area contributed by atoms with Crippen molar-refractivity contribution < 1.29 is 66.0 Å². The normalized spacial score (nSPS) is 9.14. The van der Waals surface area contributed by atoms with Crippen LogP contribution in [-0.2, 0) is 9.53 Å². The first-order chi connectivity index (χ1) is 10.2. The summed E-state index contributed by atoms with van der Waals surface area (Å²) in [4.78, 5) is 10.1. The Bertz CT molecular complexity index is 234. The Labute approximate surface area is 180 Å². The van der Waals surface area contributed by atoms with E-state index in [0.29, 0.717) is 13.2 Å². The van der Waals surface area contributed by atoms with Gasteiger partial charge in [-0.3, -0.25) is 0 Å². The number of unbranched alkanes of at least 4 members (excludes halogenated alkanes) is 8. The summed E-state index contributed by atoms with van der Waals surface area (Å²) in [5.41, 5.74) is 0. The van der Waals surface area contributed by atoms with E-state index < -0.39 is 5.97 Å². The van der Waals surface area contributed by atoms with Gasteiger partial charge in [0.05, 0.1) is 13.2 Å². The Hall–Kier alpha value is 0.546. The second-order valence-corrected chi connectivity index (χ2v) is 5.07. The van der Waals surface area contributed by atoms with Crippen molar-refractivity contribution >= 4 is 5.97 Å². The first-order valence-electron chi connectivity index (χ1n) is 8.18. The maximum Gasteiger partial charge on any atom is 1.00 e. The molecule has 0 fully saturated rings. The quantitative estimate of drug-likeness (QED) is 0.270. The molecule has 0 N–H and O–H groups in total. The molecule has 124 valence electrons. The molecule has 0 aromatic rings. The van der Waals surface area contributed by atoms with Gasteiger partial charge in [-0.15, -0.1) is 13.2 Å². The van der Waals surface area contributed by atoms with Crippen molar-refractivity contribution in [2.45, 2.75) is 71.1 Å². The summed E-state index contributed by atoms with van der Waals surface area (Å²) < 4.78 is 4.90. The molecular formula is C18H33KO3. The van der Waals surface area contributed by atoms with E-state index >= 15 is 0 Å². The largest absolute Gasteiger partial charge is 1.00 e. The minimum absolute atomic E-state index is 0. The van der Waals surface area contributed by atoms with Crippen LogP contribution in [0.3, 0.4) is 0 Å². The number of ether oxygens (including phenoxy) is 1. The molecule has 0 rings (SSSR count). The minimum atomic E-state index is -0.909. The molecule has 0 unspecified atom stereocenters. The first kappa shape index (κ1) is 27.4. The van der Waals surface area contributed by atoms with Gasteiger partial charge < -0.3 is 14.6 Å². The van der Waals surface area contributed by atoms with Gasteiger partial charge in [0.1, 0.15) is 0 Å². The molecule has 0 amide bonds. The van der Waals surface area contributed by atoms with Crippen LogP contribution in [0.5, 0.6) is 0 Å². The third kappa shape index (κ3) is 32.5. The van der Waals surface area contributed by atoms with Crippen molar-refractivity contribution in [3.05, 3.63) is 25.3 Å². The molecule has 0 saturated carbocycles. The van der Waals surface area contributed by atoms with Crippen LogP contribution in [0.4, 0.5) is 0 Å². The zero-order valence-corrected chi connectivity index (χ0v) is 17.9. The van der Waals surface area contributed by atoms with E-state index in [-0.39, 0.29) is 57.8 Å². The fourth-order valence-corrected chi connectivity index (χ4v) is 1.81. The van der Waals surface area contributed by atoms with Crippen molar-refractivity contribution in [1.82, 2.24) is 0 Å². The third-order valence-electron chi connectivity index (χ3n) is 2.96. The first-order valence-corrected chi connectivity index (χ1v) is 8.18. The monoisotopic (exact) mass is 336 g/mol. The average molecular weight is 337 g/mol. The number of rotatable bonds is 14. The number of hydrogen-bond donors (Lipinski definition) is 0. The van der Waals surface area contributed by atoms with Crippen LogP contribution in [0, 0.1) is 0 Å². The number of hydrogen-bond acceptors (Lipinski definition) is 3. The SMILES string of the molecule is C=CCOCC=C.CCCCCCCCCCCC(=O)[O-].[K+]. The van der Waals surface area contributed by atoms with Gasteiger partial charge in [-0.1, -0.05) is 70.4 Å². The number of aliphatic carboxylic acids is 1. The Kier molecular flexibility index (Phi) is 32.9. The molecule has 0 aromatic heterocycles. The number of carboxylic acids is 1. The van der Waals surface area contributed by atoms with Gasteiger partial charge in [-0.2, -0.15) is 0 Å². The van der Waals surface area contributed by atoms with Crippen molar-refractivity contribution in [2.75, 3.05) is 13.2 Å². The Balaban J connectivity index is -0.000000385. The van der Waals surface area contributed by atoms with Gasteiger partial charge in [0, 0.05) is 5.97 Å². The summed E-state index contributed by atoms with van der Waals surface area (Å²) in [5.74, 6) is -0.909. The summed E-state index contributed by atoms with van der Waals surface area (Å²) >= 11 is 0. The molecule has 0 bridgehead atoms. The van der Waals surface area contributed by atoms with Gasteiger partial charge >= 0.3 is 51.4 Å². The minimum Gasteiger partial charge on any atom is -0.550 e. The summed E-state index contributed by atoms with van der Waals surface area (Å²) in [7, 11) is 0. The second kappa shape index (κ2) is 26.4. The van der Waals surface area contributed by atoms with Gasteiger partial charge in [0.25, 0.3) is 0 Å². The molecule has 0 aliphatic rings.